The molecule has 2 heterocycles. The van der Waals surface area contributed by atoms with Crippen LogP contribution in [0.2, 0.25) is 0 Å². The fourth-order valence-electron chi connectivity index (χ4n) is 3.20. The lowest BCUT2D eigenvalue weighted by atomic mass is 9.98. The number of hydrogen-bond acceptors (Lipinski definition) is 4. The van der Waals surface area contributed by atoms with Crippen LogP contribution in [-0.2, 0) is 0 Å². The van der Waals surface area contributed by atoms with Gasteiger partial charge in [0, 0.05) is 30.9 Å². The average Bonchev–Trinajstić information content (AvgIpc) is 2.70. The van der Waals surface area contributed by atoms with Crippen LogP contribution in [0.4, 0.5) is 0 Å². The molecule has 100 valence electrons. The second-order valence-electron chi connectivity index (χ2n) is 5.81. The van der Waals surface area contributed by atoms with Crippen LogP contribution in [0.3, 0.4) is 0 Å². The maximum absolute atomic E-state index is 10.2. The number of nitrogens with one attached hydrogen (secondary N) is 1. The molecule has 2 saturated heterocycles. The highest BCUT2D eigenvalue weighted by atomic mass is 32.2. The van der Waals surface area contributed by atoms with Gasteiger partial charge in [0.25, 0.3) is 0 Å². The van der Waals surface area contributed by atoms with Crippen LogP contribution in [0.15, 0.2) is 0 Å². The van der Waals surface area contributed by atoms with Crippen molar-refractivity contribution in [2.75, 3.05) is 31.6 Å². The Kier molecular flexibility index (Phi) is 4.75. The van der Waals surface area contributed by atoms with E-state index in [0.717, 1.165) is 18.3 Å². The summed E-state index contributed by atoms with van der Waals surface area (Å²) >= 11 is 1.71. The summed E-state index contributed by atoms with van der Waals surface area (Å²) in [7, 11) is 0. The quantitative estimate of drug-likeness (QED) is 0.779. The van der Waals surface area contributed by atoms with Gasteiger partial charge in [-0.05, 0) is 39.0 Å². The molecule has 3 atom stereocenters. The Morgan fingerprint density at radius 3 is 2.94 bits per heavy atom. The van der Waals surface area contributed by atoms with Gasteiger partial charge in [-0.25, -0.2) is 0 Å². The molecule has 0 amide bonds. The molecule has 0 aliphatic carbocycles. The number of rotatable bonds is 5. The van der Waals surface area contributed by atoms with Crippen molar-refractivity contribution in [3.05, 3.63) is 0 Å². The number of fused-ring (bicyclic) bond motifs is 1. The van der Waals surface area contributed by atoms with Crippen LogP contribution in [0.1, 0.15) is 32.6 Å². The van der Waals surface area contributed by atoms with Crippen LogP contribution in [0.5, 0.6) is 0 Å². The van der Waals surface area contributed by atoms with Gasteiger partial charge in [-0.3, -0.25) is 4.90 Å². The highest BCUT2D eigenvalue weighted by Gasteiger charge is 2.36. The van der Waals surface area contributed by atoms with Crippen LogP contribution < -0.4 is 5.32 Å². The summed E-state index contributed by atoms with van der Waals surface area (Å²) < 4.78 is 0. The lowest BCUT2D eigenvalue weighted by Crippen LogP contribution is -2.50. The maximum Gasteiger partial charge on any atom is 0.0833 e. The molecule has 2 rings (SSSR count). The smallest absolute Gasteiger partial charge is 0.0833 e. The van der Waals surface area contributed by atoms with Gasteiger partial charge in [0.05, 0.1) is 5.60 Å². The predicted octanol–water partition coefficient (Wildman–Crippen LogP) is 1.32. The first-order valence-electron chi connectivity index (χ1n) is 6.81. The molecule has 2 aliphatic rings. The summed E-state index contributed by atoms with van der Waals surface area (Å²) in [4.78, 5) is 2.63. The van der Waals surface area contributed by atoms with E-state index >= 15 is 0 Å². The van der Waals surface area contributed by atoms with E-state index < -0.39 is 5.60 Å². The fraction of sp³-hybridized carbons (Fsp3) is 1.00. The topological polar surface area (TPSA) is 35.5 Å². The summed E-state index contributed by atoms with van der Waals surface area (Å²) in [6.45, 7) is 5.18. The normalized spacial score (nSPS) is 33.4. The zero-order chi connectivity index (χ0) is 12.3. The largest absolute Gasteiger partial charge is 0.388 e. The maximum atomic E-state index is 10.2. The van der Waals surface area contributed by atoms with Crippen molar-refractivity contribution in [2.24, 2.45) is 0 Å². The van der Waals surface area contributed by atoms with Crippen LogP contribution in [0.25, 0.3) is 0 Å². The monoisotopic (exact) mass is 258 g/mol. The SMILES string of the molecule is CSCC(C)(O)CNC1CCN2CCCCC12. The zero-order valence-electron chi connectivity index (χ0n) is 11.1. The minimum Gasteiger partial charge on any atom is -0.388 e. The molecule has 3 nitrogen and oxygen atoms in total. The molecular formula is C13H26N2OS. The van der Waals surface area contributed by atoms with Crippen molar-refractivity contribution in [3.8, 4) is 0 Å². The van der Waals surface area contributed by atoms with E-state index in [1.807, 2.05) is 13.2 Å². The van der Waals surface area contributed by atoms with Crippen molar-refractivity contribution in [3.63, 3.8) is 0 Å². The molecule has 0 aromatic rings. The molecule has 0 bridgehead atoms. The second-order valence-corrected chi connectivity index (χ2v) is 6.67. The lowest BCUT2D eigenvalue weighted by Gasteiger charge is -2.34. The fourth-order valence-corrected chi connectivity index (χ4v) is 3.92. The molecule has 2 aliphatic heterocycles. The van der Waals surface area contributed by atoms with Crippen LogP contribution >= 0.6 is 11.8 Å². The minimum atomic E-state index is -0.568. The molecule has 0 radical (unpaired) electrons. The summed E-state index contributed by atoms with van der Waals surface area (Å²) in [6.07, 6.45) is 7.38. The van der Waals surface area contributed by atoms with Crippen molar-refractivity contribution in [1.29, 1.82) is 0 Å². The van der Waals surface area contributed by atoms with Crippen molar-refractivity contribution < 1.29 is 5.11 Å². The van der Waals surface area contributed by atoms with E-state index in [0.29, 0.717) is 6.04 Å². The van der Waals surface area contributed by atoms with E-state index in [-0.39, 0.29) is 0 Å². The molecule has 0 aromatic heterocycles. The first kappa shape index (κ1) is 13.7. The summed E-state index contributed by atoms with van der Waals surface area (Å²) in [5.74, 6) is 0.807. The highest BCUT2D eigenvalue weighted by Crippen LogP contribution is 2.27. The number of aliphatic hydroxyl groups is 1. The molecule has 17 heavy (non-hydrogen) atoms. The molecular weight excluding hydrogens is 232 g/mol. The van der Waals surface area contributed by atoms with E-state index in [1.165, 1.54) is 38.8 Å². The number of thioether (sulfide) groups is 1. The Labute approximate surface area is 109 Å². The van der Waals surface area contributed by atoms with E-state index in [9.17, 15) is 5.11 Å². The molecule has 0 spiro atoms. The van der Waals surface area contributed by atoms with Crippen LogP contribution in [0, 0.1) is 0 Å². The molecule has 0 aromatic carbocycles. The van der Waals surface area contributed by atoms with Gasteiger partial charge in [-0.15, -0.1) is 0 Å². The zero-order valence-corrected chi connectivity index (χ0v) is 11.9. The Balaban J connectivity index is 1.79. The molecule has 3 unspecified atom stereocenters. The van der Waals surface area contributed by atoms with Gasteiger partial charge < -0.3 is 10.4 Å². The third-order valence-corrected chi connectivity index (χ3v) is 4.97. The Hall–Kier alpha value is 0.230. The molecule has 2 N–H and O–H groups in total. The predicted molar refractivity (Wildman–Crippen MR) is 74.6 cm³/mol. The van der Waals surface area contributed by atoms with Crippen molar-refractivity contribution in [2.45, 2.75) is 50.3 Å². The summed E-state index contributed by atoms with van der Waals surface area (Å²) in [6, 6.07) is 1.33. The first-order chi connectivity index (χ1) is 8.12. The second kappa shape index (κ2) is 5.91. The van der Waals surface area contributed by atoms with Gasteiger partial charge in [0.15, 0.2) is 0 Å². The Bertz CT molecular complexity index is 248. The molecule has 2 fully saturated rings. The standard InChI is InChI=1S/C13H26N2OS/c1-13(16,10-17-2)9-14-11-6-8-15-7-4-3-5-12(11)15/h11-12,14,16H,3-10H2,1-2H3. The Morgan fingerprint density at radius 2 is 2.18 bits per heavy atom. The molecule has 0 saturated carbocycles. The lowest BCUT2D eigenvalue weighted by molar-refractivity contribution is 0.0775. The number of nitrogens with zero attached hydrogens (tertiary/aromatic N) is 1. The van der Waals surface area contributed by atoms with Gasteiger partial charge in [-0.1, -0.05) is 6.42 Å². The van der Waals surface area contributed by atoms with Crippen molar-refractivity contribution >= 4 is 11.8 Å². The average molecular weight is 258 g/mol. The molecule has 4 heteroatoms. The van der Waals surface area contributed by atoms with Crippen LogP contribution in [-0.4, -0.2) is 59.3 Å². The highest BCUT2D eigenvalue weighted by molar-refractivity contribution is 7.98. The van der Waals surface area contributed by atoms with E-state index in [4.69, 9.17) is 0 Å². The van der Waals surface area contributed by atoms with E-state index in [2.05, 4.69) is 10.2 Å². The first-order valence-corrected chi connectivity index (χ1v) is 8.20. The van der Waals surface area contributed by atoms with Crippen molar-refractivity contribution in [1.82, 2.24) is 10.2 Å². The third kappa shape index (κ3) is 3.60. The Morgan fingerprint density at radius 1 is 1.35 bits per heavy atom. The summed E-state index contributed by atoms with van der Waals surface area (Å²) in [5.41, 5.74) is -0.568. The van der Waals surface area contributed by atoms with Gasteiger partial charge >= 0.3 is 0 Å². The van der Waals surface area contributed by atoms with Gasteiger partial charge in [-0.2, -0.15) is 11.8 Å². The van der Waals surface area contributed by atoms with Gasteiger partial charge in [0.1, 0.15) is 0 Å². The number of piperidine rings is 1. The van der Waals surface area contributed by atoms with Gasteiger partial charge in [0.2, 0.25) is 0 Å². The summed E-state index contributed by atoms with van der Waals surface area (Å²) in [5, 5.41) is 13.8. The minimum absolute atomic E-state index is 0.568. The van der Waals surface area contributed by atoms with E-state index in [1.54, 1.807) is 11.8 Å². The number of hydrogen-bond donors (Lipinski definition) is 2. The third-order valence-electron chi connectivity index (χ3n) is 4.06.